The number of rotatable bonds is 3. The van der Waals surface area contributed by atoms with Gasteiger partial charge in [-0.2, -0.15) is 0 Å². The Hall–Kier alpha value is -2.36. The Morgan fingerprint density at radius 2 is 1.95 bits per heavy atom. The van der Waals surface area contributed by atoms with Gasteiger partial charge >= 0.3 is 0 Å². The van der Waals surface area contributed by atoms with Crippen LogP contribution in [0.5, 0.6) is 0 Å². The van der Waals surface area contributed by atoms with Crippen molar-refractivity contribution in [3.05, 3.63) is 53.2 Å². The molecule has 0 spiro atoms. The highest BCUT2D eigenvalue weighted by atomic mass is 16.1. The van der Waals surface area contributed by atoms with Gasteiger partial charge in [0.05, 0.1) is 0 Å². The van der Waals surface area contributed by atoms with Crippen LogP contribution < -0.4 is 10.6 Å². The first kappa shape index (κ1) is 13.1. The minimum Gasteiger partial charge on any atom is -0.388 e. The van der Waals surface area contributed by atoms with Crippen LogP contribution in [0.3, 0.4) is 0 Å². The maximum Gasteiger partial charge on any atom is 0.257 e. The minimum atomic E-state index is -0.142. The summed E-state index contributed by atoms with van der Waals surface area (Å²) in [5.41, 5.74) is 3.63. The molecule has 0 aliphatic rings. The highest BCUT2D eigenvalue weighted by molar-refractivity contribution is 6.05. The van der Waals surface area contributed by atoms with E-state index in [0.29, 0.717) is 11.4 Å². The first-order chi connectivity index (χ1) is 9.10. The van der Waals surface area contributed by atoms with Crippen LogP contribution in [-0.2, 0) is 0 Å². The van der Waals surface area contributed by atoms with Crippen molar-refractivity contribution in [1.29, 1.82) is 0 Å². The van der Waals surface area contributed by atoms with Gasteiger partial charge in [0.2, 0.25) is 0 Å². The summed E-state index contributed by atoms with van der Waals surface area (Å²) in [5.74, 6) is 0.421. The zero-order valence-electron chi connectivity index (χ0n) is 11.3. The van der Waals surface area contributed by atoms with Crippen molar-refractivity contribution < 1.29 is 4.79 Å². The number of nitrogens with zero attached hydrogens (tertiary/aromatic N) is 1. The summed E-state index contributed by atoms with van der Waals surface area (Å²) in [6.45, 7) is 3.87. The quantitative estimate of drug-likeness (QED) is 0.886. The molecule has 0 unspecified atom stereocenters. The molecule has 1 heterocycles. The minimum absolute atomic E-state index is 0.142. The number of carbonyl (C=O) groups excluding carboxylic acids is 1. The van der Waals surface area contributed by atoms with E-state index >= 15 is 0 Å². The molecule has 0 saturated heterocycles. The Kier molecular flexibility index (Phi) is 3.80. The van der Waals surface area contributed by atoms with Gasteiger partial charge in [-0.15, -0.1) is 0 Å². The monoisotopic (exact) mass is 255 g/mol. The molecule has 1 amide bonds. The lowest BCUT2D eigenvalue weighted by Gasteiger charge is -2.09. The van der Waals surface area contributed by atoms with Crippen LogP contribution in [0.2, 0.25) is 0 Å². The summed E-state index contributed by atoms with van der Waals surface area (Å²) in [6, 6.07) is 9.34. The molecule has 1 aromatic carbocycles. The summed E-state index contributed by atoms with van der Waals surface area (Å²) in [5, 5.41) is 5.84. The van der Waals surface area contributed by atoms with Crippen LogP contribution in [0.25, 0.3) is 0 Å². The Morgan fingerprint density at radius 3 is 2.53 bits per heavy atom. The van der Waals surface area contributed by atoms with Crippen LogP contribution in [-0.4, -0.2) is 17.9 Å². The van der Waals surface area contributed by atoms with Gasteiger partial charge in [0, 0.05) is 24.5 Å². The van der Waals surface area contributed by atoms with Gasteiger partial charge in [-0.25, -0.2) is 4.98 Å². The van der Waals surface area contributed by atoms with Gasteiger partial charge in [0.15, 0.2) is 0 Å². The van der Waals surface area contributed by atoms with E-state index in [1.807, 2.05) is 45.2 Å². The summed E-state index contributed by atoms with van der Waals surface area (Å²) in [6.07, 6.45) is 1.73. The molecule has 0 atom stereocenters. The van der Waals surface area contributed by atoms with E-state index in [4.69, 9.17) is 0 Å². The van der Waals surface area contributed by atoms with Gasteiger partial charge in [-0.3, -0.25) is 4.79 Å². The van der Waals surface area contributed by atoms with Crippen LogP contribution in [0.1, 0.15) is 21.5 Å². The zero-order chi connectivity index (χ0) is 13.8. The number of anilines is 2. The lowest BCUT2D eigenvalue weighted by atomic mass is 10.1. The molecule has 0 aliphatic heterocycles. The van der Waals surface area contributed by atoms with Crippen LogP contribution in [0, 0.1) is 13.8 Å². The number of carbonyl (C=O) groups is 1. The normalized spacial score (nSPS) is 10.1. The van der Waals surface area contributed by atoms with E-state index in [2.05, 4.69) is 15.6 Å². The van der Waals surface area contributed by atoms with Crippen molar-refractivity contribution in [3.8, 4) is 0 Å². The fraction of sp³-hybridized carbons (Fsp3) is 0.200. The molecule has 0 fully saturated rings. The number of hydrogen-bond donors (Lipinski definition) is 2. The fourth-order valence-corrected chi connectivity index (χ4v) is 1.80. The highest BCUT2D eigenvalue weighted by Crippen LogP contribution is 2.16. The molecular weight excluding hydrogens is 238 g/mol. The maximum absolute atomic E-state index is 12.1. The number of benzene rings is 1. The number of amides is 1. The molecule has 0 saturated carbocycles. The van der Waals surface area contributed by atoms with Crippen LogP contribution in [0.15, 0.2) is 36.5 Å². The number of aryl methyl sites for hydroxylation is 2. The topological polar surface area (TPSA) is 54.0 Å². The molecular formula is C15H17N3O. The lowest BCUT2D eigenvalue weighted by Crippen LogP contribution is -2.14. The van der Waals surface area contributed by atoms with E-state index < -0.39 is 0 Å². The maximum atomic E-state index is 12.1. The summed E-state index contributed by atoms with van der Waals surface area (Å²) in [4.78, 5) is 16.3. The lowest BCUT2D eigenvalue weighted by molar-refractivity contribution is 0.102. The second-order valence-electron chi connectivity index (χ2n) is 4.45. The number of aromatic nitrogens is 1. The van der Waals surface area contributed by atoms with Crippen molar-refractivity contribution >= 4 is 17.4 Å². The predicted molar refractivity (Wildman–Crippen MR) is 77.7 cm³/mol. The molecule has 2 aromatic rings. The average Bonchev–Trinajstić information content (AvgIpc) is 2.41. The third-order valence-electron chi connectivity index (χ3n) is 2.91. The smallest absolute Gasteiger partial charge is 0.257 e. The average molecular weight is 255 g/mol. The third kappa shape index (κ3) is 3.10. The number of nitrogens with one attached hydrogen (secondary N) is 2. The summed E-state index contributed by atoms with van der Waals surface area (Å²) in [7, 11) is 1.85. The summed E-state index contributed by atoms with van der Waals surface area (Å²) >= 11 is 0. The SMILES string of the molecule is CNc1ccc(C(=O)Nc2ccc(C)cn2)c(C)c1. The van der Waals surface area contributed by atoms with E-state index in [1.54, 1.807) is 12.3 Å². The van der Waals surface area contributed by atoms with Crippen molar-refractivity contribution in [2.45, 2.75) is 13.8 Å². The Balaban J connectivity index is 2.18. The molecule has 4 nitrogen and oxygen atoms in total. The van der Waals surface area contributed by atoms with Gasteiger partial charge in [-0.1, -0.05) is 6.07 Å². The zero-order valence-corrected chi connectivity index (χ0v) is 11.3. The van der Waals surface area contributed by atoms with Gasteiger partial charge in [0.1, 0.15) is 5.82 Å². The highest BCUT2D eigenvalue weighted by Gasteiger charge is 2.10. The molecule has 0 bridgehead atoms. The van der Waals surface area contributed by atoms with E-state index in [0.717, 1.165) is 16.8 Å². The second-order valence-corrected chi connectivity index (χ2v) is 4.45. The predicted octanol–water partition coefficient (Wildman–Crippen LogP) is 2.99. The van der Waals surface area contributed by atoms with Crippen LogP contribution >= 0.6 is 0 Å². The number of pyridine rings is 1. The molecule has 2 rings (SSSR count). The Labute approximate surface area is 112 Å². The molecule has 19 heavy (non-hydrogen) atoms. The molecule has 0 radical (unpaired) electrons. The van der Waals surface area contributed by atoms with E-state index in [-0.39, 0.29) is 5.91 Å². The molecule has 2 N–H and O–H groups in total. The third-order valence-corrected chi connectivity index (χ3v) is 2.91. The first-order valence-electron chi connectivity index (χ1n) is 6.12. The number of hydrogen-bond acceptors (Lipinski definition) is 3. The van der Waals surface area contributed by atoms with Crippen molar-refractivity contribution in [1.82, 2.24) is 4.98 Å². The van der Waals surface area contributed by atoms with Crippen LogP contribution in [0.4, 0.5) is 11.5 Å². The van der Waals surface area contributed by atoms with E-state index in [1.165, 1.54) is 0 Å². The Bertz CT molecular complexity index is 591. The second kappa shape index (κ2) is 5.52. The van der Waals surface area contributed by atoms with Gasteiger partial charge < -0.3 is 10.6 Å². The van der Waals surface area contributed by atoms with Gasteiger partial charge in [-0.05, 0) is 49.2 Å². The molecule has 0 aliphatic carbocycles. The van der Waals surface area contributed by atoms with Crippen molar-refractivity contribution in [2.75, 3.05) is 17.7 Å². The molecule has 4 heteroatoms. The van der Waals surface area contributed by atoms with Gasteiger partial charge in [0.25, 0.3) is 5.91 Å². The Morgan fingerprint density at radius 1 is 1.16 bits per heavy atom. The van der Waals surface area contributed by atoms with E-state index in [9.17, 15) is 4.79 Å². The van der Waals surface area contributed by atoms with Crippen molar-refractivity contribution in [2.24, 2.45) is 0 Å². The molecule has 1 aromatic heterocycles. The molecule has 98 valence electrons. The van der Waals surface area contributed by atoms with Crippen molar-refractivity contribution in [3.63, 3.8) is 0 Å². The first-order valence-corrected chi connectivity index (χ1v) is 6.12. The fourth-order valence-electron chi connectivity index (χ4n) is 1.80. The standard InChI is InChI=1S/C15H17N3O/c1-10-4-7-14(17-9-10)18-15(19)13-6-5-12(16-3)8-11(13)2/h4-9,16H,1-3H3,(H,17,18,19). The largest absolute Gasteiger partial charge is 0.388 e. The summed E-state index contributed by atoms with van der Waals surface area (Å²) < 4.78 is 0.